The van der Waals surface area contributed by atoms with Crippen LogP contribution < -0.4 is 0 Å². The largest absolute Gasteiger partial charge is 0.248 e. The number of hydrogen-bond donors (Lipinski definition) is 0. The monoisotopic (exact) mass is 263 g/mol. The quantitative estimate of drug-likeness (QED) is 0.644. The van der Waals surface area contributed by atoms with Crippen molar-refractivity contribution in [1.82, 2.24) is 4.98 Å². The van der Waals surface area contributed by atoms with Crippen molar-refractivity contribution in [3.63, 3.8) is 0 Å². The van der Waals surface area contributed by atoms with Crippen LogP contribution in [0, 0.1) is 0 Å². The van der Waals surface area contributed by atoms with Crippen molar-refractivity contribution >= 4 is 25.5 Å². The van der Waals surface area contributed by atoms with Gasteiger partial charge < -0.3 is 0 Å². The van der Waals surface area contributed by atoms with Crippen molar-refractivity contribution in [2.45, 2.75) is 45.8 Å². The van der Waals surface area contributed by atoms with Crippen molar-refractivity contribution in [3.8, 4) is 0 Å². The summed E-state index contributed by atoms with van der Waals surface area (Å²) in [7, 11) is -1.38. The summed E-state index contributed by atoms with van der Waals surface area (Å²) in [5.74, 6) is 0. The Morgan fingerprint density at radius 1 is 1.06 bits per heavy atom. The Morgan fingerprint density at radius 2 is 1.65 bits per heavy atom. The summed E-state index contributed by atoms with van der Waals surface area (Å²) in [4.78, 5) is 4.95. The van der Waals surface area contributed by atoms with E-state index in [-0.39, 0.29) is 12.5 Å². The van der Waals surface area contributed by atoms with Gasteiger partial charge in [0.05, 0.1) is 10.9 Å². The highest BCUT2D eigenvalue weighted by atomic mass is 31.4. The summed E-state index contributed by atoms with van der Waals surface area (Å²) in [6, 6.07) is 8.73. The first-order chi connectivity index (χ1) is 7.71. The lowest BCUT2D eigenvalue weighted by Crippen LogP contribution is -2.18. The molecule has 0 aliphatic rings. The topological polar surface area (TPSA) is 12.9 Å². The zero-order valence-electron chi connectivity index (χ0n) is 11.7. The summed E-state index contributed by atoms with van der Waals surface area (Å²) in [6.07, 6.45) is 0. The van der Waals surface area contributed by atoms with Gasteiger partial charge in [-0.2, -0.15) is 0 Å². The third kappa shape index (κ3) is 2.34. The Hall–Kier alpha value is -0.593. The van der Waals surface area contributed by atoms with E-state index in [0.29, 0.717) is 0 Å². The van der Waals surface area contributed by atoms with Crippen LogP contribution >= 0.6 is 7.08 Å². The van der Waals surface area contributed by atoms with Crippen LogP contribution in [0.2, 0.25) is 19.6 Å². The molecule has 0 bridgehead atoms. The molecule has 3 heteroatoms. The Morgan fingerprint density at radius 3 is 2.18 bits per heavy atom. The second kappa shape index (κ2) is 3.96. The molecular formula is C14H22NPSi. The number of nitrogens with zero attached hydrogens (tertiary/aromatic N) is 1. The summed E-state index contributed by atoms with van der Waals surface area (Å²) < 4.78 is 0. The number of benzene rings is 1. The fourth-order valence-electron chi connectivity index (χ4n) is 2.21. The maximum Gasteiger partial charge on any atom is 0.101 e. The number of fused-ring (bicyclic) bond motifs is 1. The van der Waals surface area contributed by atoms with E-state index < -0.39 is 7.74 Å². The molecule has 2 rings (SSSR count). The minimum absolute atomic E-state index is 0.165. The molecule has 0 aliphatic carbocycles. The molecule has 1 aromatic heterocycles. The molecule has 1 heterocycles. The fourth-order valence-corrected chi connectivity index (χ4v) is 11.1. The van der Waals surface area contributed by atoms with Crippen LogP contribution in [0.1, 0.15) is 26.2 Å². The highest BCUT2D eigenvalue weighted by Crippen LogP contribution is 2.52. The van der Waals surface area contributed by atoms with E-state index >= 15 is 0 Å². The fraction of sp³-hybridized carbons (Fsp3) is 0.500. The molecule has 0 radical (unpaired) electrons. The first-order valence-corrected chi connectivity index (χ1v) is 11.9. The average molecular weight is 263 g/mol. The molecule has 0 spiro atoms. The lowest BCUT2D eigenvalue weighted by atomic mass is 9.98. The van der Waals surface area contributed by atoms with Gasteiger partial charge in [0.25, 0.3) is 0 Å². The molecule has 1 unspecified atom stereocenters. The Labute approximate surface area is 106 Å². The SMILES string of the molecule is CC(C)(C)c1nc2ccccc2p1[Si](C)(C)C. The van der Waals surface area contributed by atoms with Crippen molar-refractivity contribution in [1.29, 1.82) is 0 Å². The van der Waals surface area contributed by atoms with E-state index in [1.54, 1.807) is 0 Å². The predicted octanol–water partition coefficient (Wildman–Crippen LogP) is 5.20. The number of aromatic nitrogens is 1. The molecule has 1 aromatic carbocycles. The molecular weight excluding hydrogens is 241 g/mol. The highest BCUT2D eigenvalue weighted by Gasteiger charge is 2.30. The van der Waals surface area contributed by atoms with Crippen molar-refractivity contribution in [3.05, 3.63) is 29.7 Å². The lowest BCUT2D eigenvalue weighted by molar-refractivity contribution is 0.587. The van der Waals surface area contributed by atoms with Gasteiger partial charge in [-0.15, -0.1) is 7.08 Å². The van der Waals surface area contributed by atoms with E-state index in [1.165, 1.54) is 16.1 Å². The van der Waals surface area contributed by atoms with Crippen molar-refractivity contribution in [2.24, 2.45) is 0 Å². The number of hydrogen-bond acceptors (Lipinski definition) is 1. The molecule has 0 saturated heterocycles. The van der Waals surface area contributed by atoms with Crippen LogP contribution in [-0.4, -0.2) is 12.7 Å². The molecule has 0 aliphatic heterocycles. The number of para-hydroxylation sites is 1. The molecule has 0 amide bonds. The van der Waals surface area contributed by atoms with Gasteiger partial charge in [0.15, 0.2) is 0 Å². The molecule has 0 fully saturated rings. The van der Waals surface area contributed by atoms with E-state index in [4.69, 9.17) is 4.98 Å². The minimum Gasteiger partial charge on any atom is -0.248 e. The minimum atomic E-state index is -1.21. The smallest absolute Gasteiger partial charge is 0.101 e. The summed E-state index contributed by atoms with van der Waals surface area (Å²) in [5, 5.41) is 1.52. The summed E-state index contributed by atoms with van der Waals surface area (Å²) in [5.41, 5.74) is 2.88. The normalized spacial score (nSPS) is 14.4. The van der Waals surface area contributed by atoms with Gasteiger partial charge in [-0.25, -0.2) is 4.98 Å². The maximum atomic E-state index is 4.95. The Balaban J connectivity index is 2.84. The summed E-state index contributed by atoms with van der Waals surface area (Å²) in [6.45, 7) is 14.3. The van der Waals surface area contributed by atoms with Crippen LogP contribution in [0.5, 0.6) is 0 Å². The zero-order valence-corrected chi connectivity index (χ0v) is 13.6. The van der Waals surface area contributed by atoms with Crippen LogP contribution in [0.25, 0.3) is 10.6 Å². The van der Waals surface area contributed by atoms with Gasteiger partial charge in [0, 0.05) is 10.5 Å². The van der Waals surface area contributed by atoms with Crippen LogP contribution in [0.3, 0.4) is 0 Å². The maximum absolute atomic E-state index is 4.95. The lowest BCUT2D eigenvalue weighted by Gasteiger charge is -2.25. The van der Waals surface area contributed by atoms with Gasteiger partial charge in [-0.05, 0) is 12.1 Å². The van der Waals surface area contributed by atoms with E-state index in [9.17, 15) is 0 Å². The van der Waals surface area contributed by atoms with Gasteiger partial charge in [0.2, 0.25) is 0 Å². The molecule has 2 aromatic rings. The van der Waals surface area contributed by atoms with E-state index in [2.05, 4.69) is 64.7 Å². The molecule has 1 atom stereocenters. The standard InChI is InChI=1S/C14H22NPSi/c1-14(2,3)13-15-11-9-7-8-10-12(11)16(13)17(4,5)6/h7-10H,1-6H3. The van der Waals surface area contributed by atoms with Gasteiger partial charge in [-0.3, -0.25) is 0 Å². The van der Waals surface area contributed by atoms with Crippen molar-refractivity contribution < 1.29 is 0 Å². The summed E-state index contributed by atoms with van der Waals surface area (Å²) >= 11 is 0. The molecule has 0 N–H and O–H groups in total. The zero-order chi connectivity index (χ0) is 12.8. The first-order valence-electron chi connectivity index (χ1n) is 6.20. The first kappa shape index (κ1) is 12.9. The second-order valence-corrected chi connectivity index (χ2v) is 18.0. The molecule has 92 valence electrons. The van der Waals surface area contributed by atoms with Gasteiger partial charge in [0.1, 0.15) is 7.74 Å². The second-order valence-electron chi connectivity index (χ2n) is 6.68. The molecule has 0 saturated carbocycles. The molecule has 17 heavy (non-hydrogen) atoms. The van der Waals surface area contributed by atoms with Crippen LogP contribution in [0.4, 0.5) is 0 Å². The van der Waals surface area contributed by atoms with Crippen LogP contribution in [-0.2, 0) is 5.41 Å². The van der Waals surface area contributed by atoms with E-state index in [1.807, 2.05) is 0 Å². The average Bonchev–Trinajstić information content (AvgIpc) is 2.54. The highest BCUT2D eigenvalue weighted by molar-refractivity contribution is 7.92. The third-order valence-corrected chi connectivity index (χ3v) is 11.7. The van der Waals surface area contributed by atoms with Crippen LogP contribution in [0.15, 0.2) is 24.3 Å². The van der Waals surface area contributed by atoms with Gasteiger partial charge >= 0.3 is 0 Å². The Bertz CT molecular complexity index is 543. The number of rotatable bonds is 1. The molecule has 1 nitrogen and oxygen atoms in total. The van der Waals surface area contributed by atoms with Crippen molar-refractivity contribution in [2.75, 3.05) is 0 Å². The predicted molar refractivity (Wildman–Crippen MR) is 81.9 cm³/mol. The third-order valence-electron chi connectivity index (χ3n) is 2.90. The Kier molecular flexibility index (Phi) is 3.00. The van der Waals surface area contributed by atoms with Gasteiger partial charge in [-0.1, -0.05) is 52.5 Å². The van der Waals surface area contributed by atoms with E-state index in [0.717, 1.165) is 0 Å².